The van der Waals surface area contributed by atoms with E-state index in [1.54, 1.807) is 5.57 Å². The zero-order chi connectivity index (χ0) is 26.0. The quantitative estimate of drug-likeness (QED) is 0.330. The van der Waals surface area contributed by atoms with Gasteiger partial charge in [0, 0.05) is 11.1 Å². The molecule has 1 heterocycles. The van der Waals surface area contributed by atoms with Gasteiger partial charge in [0.2, 0.25) is 0 Å². The Hall–Kier alpha value is -2.84. The summed E-state index contributed by atoms with van der Waals surface area (Å²) in [7, 11) is -1.91. The zero-order valence-electron chi connectivity index (χ0n) is 23.4. The predicted octanol–water partition coefficient (Wildman–Crippen LogP) is 10.1. The van der Waals surface area contributed by atoms with Gasteiger partial charge in [0.25, 0.3) is 0 Å². The van der Waals surface area contributed by atoms with Crippen molar-refractivity contribution in [3.8, 4) is 11.1 Å². The van der Waals surface area contributed by atoms with E-state index >= 15 is 0 Å². The van der Waals surface area contributed by atoms with Crippen LogP contribution >= 0.6 is 0 Å². The third kappa shape index (κ3) is 4.00. The van der Waals surface area contributed by atoms with Gasteiger partial charge in [-0.05, 0) is 84.7 Å². The number of hydrogen-bond donors (Lipinski definition) is 0. The second-order valence-corrected chi connectivity index (χ2v) is 17.4. The summed E-state index contributed by atoms with van der Waals surface area (Å²) >= 11 is 0. The average Bonchev–Trinajstić information content (AvgIpc) is 3.48. The normalized spacial score (nSPS) is 20.0. The van der Waals surface area contributed by atoms with Crippen molar-refractivity contribution >= 4 is 19.7 Å². The van der Waals surface area contributed by atoms with Crippen LogP contribution in [0.1, 0.15) is 75.3 Å². The first kappa shape index (κ1) is 24.8. The Morgan fingerprint density at radius 1 is 0.778 bits per heavy atom. The minimum Gasteiger partial charge on any atom is -0.462 e. The van der Waals surface area contributed by atoms with E-state index in [1.165, 1.54) is 44.5 Å². The highest BCUT2D eigenvalue weighted by atomic mass is 28.3. The molecule has 0 N–H and O–H groups in total. The molecule has 0 fully saturated rings. The maximum Gasteiger partial charge on any atom is 0.130 e. The Morgan fingerprint density at radius 2 is 1.47 bits per heavy atom. The van der Waals surface area contributed by atoms with Crippen LogP contribution in [0.2, 0.25) is 18.6 Å². The van der Waals surface area contributed by atoms with E-state index in [9.17, 15) is 0 Å². The first-order valence-electron chi connectivity index (χ1n) is 13.3. The van der Waals surface area contributed by atoms with E-state index < -0.39 is 8.07 Å². The molecule has 186 valence electrons. The molecule has 0 amide bonds. The molecule has 2 aliphatic carbocycles. The van der Waals surface area contributed by atoms with Gasteiger partial charge in [0.15, 0.2) is 0 Å². The first-order chi connectivity index (χ1) is 16.9. The fourth-order valence-corrected chi connectivity index (χ4v) is 11.8. The van der Waals surface area contributed by atoms with Gasteiger partial charge in [0.1, 0.15) is 11.5 Å². The smallest absolute Gasteiger partial charge is 0.130 e. The monoisotopic (exact) mass is 492 g/mol. The molecule has 2 aliphatic rings. The highest BCUT2D eigenvalue weighted by Crippen LogP contribution is 2.56. The number of benzene rings is 2. The van der Waals surface area contributed by atoms with Crippen molar-refractivity contribution in [1.82, 2.24) is 0 Å². The molecule has 1 nitrogen and oxygen atoms in total. The van der Waals surface area contributed by atoms with Crippen LogP contribution in [0.3, 0.4) is 0 Å². The summed E-state index contributed by atoms with van der Waals surface area (Å²) in [5.41, 5.74) is 13.8. The SMILES string of the molecule is CC1=CC(C)=C(C)C1[Si](C)(C)C1C(c2ccc(C)o2)=Cc2c(-c3ccc(C(C)(C)C)cc3)cccc21. The molecule has 2 heteroatoms. The molecule has 2 aromatic carbocycles. The van der Waals surface area contributed by atoms with E-state index in [4.69, 9.17) is 4.42 Å². The molecule has 0 bridgehead atoms. The highest BCUT2D eigenvalue weighted by Gasteiger charge is 2.48. The number of furan rings is 1. The molecule has 3 aromatic rings. The van der Waals surface area contributed by atoms with Gasteiger partial charge in [0.05, 0.1) is 8.07 Å². The lowest BCUT2D eigenvalue weighted by molar-refractivity contribution is 0.520. The molecule has 2 unspecified atom stereocenters. The third-order valence-corrected chi connectivity index (χ3v) is 13.1. The molecule has 0 radical (unpaired) electrons. The van der Waals surface area contributed by atoms with Gasteiger partial charge < -0.3 is 4.42 Å². The number of allylic oxidation sites excluding steroid dienone is 5. The molecule has 36 heavy (non-hydrogen) atoms. The van der Waals surface area contributed by atoms with Gasteiger partial charge in [-0.2, -0.15) is 0 Å². The standard InChI is InChI=1S/C34H40OSi/c1-21-19-22(2)32(24(21)4)36(8,9)33-28-12-10-11-27(25-14-16-26(17-15-25)34(5,6)7)29(28)20-30(33)31-18-13-23(3)35-31/h10-20,32-33H,1-9H3. The lowest BCUT2D eigenvalue weighted by Crippen LogP contribution is -2.41. The molecule has 0 saturated heterocycles. The lowest BCUT2D eigenvalue weighted by Gasteiger charge is -2.39. The molecular formula is C34H40OSi. The van der Waals surface area contributed by atoms with Crippen LogP contribution in [0.4, 0.5) is 0 Å². The van der Waals surface area contributed by atoms with Crippen molar-refractivity contribution in [3.05, 3.63) is 106 Å². The van der Waals surface area contributed by atoms with Crippen LogP contribution in [-0.4, -0.2) is 8.07 Å². The van der Waals surface area contributed by atoms with E-state index in [0.29, 0.717) is 11.1 Å². The van der Waals surface area contributed by atoms with Crippen molar-refractivity contribution in [1.29, 1.82) is 0 Å². The van der Waals surface area contributed by atoms with Crippen molar-refractivity contribution in [2.24, 2.45) is 0 Å². The summed E-state index contributed by atoms with van der Waals surface area (Å²) in [5, 5.41) is 0. The van der Waals surface area contributed by atoms with Gasteiger partial charge in [-0.1, -0.05) is 99.1 Å². The molecule has 0 spiro atoms. The van der Waals surface area contributed by atoms with E-state index in [0.717, 1.165) is 11.5 Å². The molecule has 2 atom stereocenters. The minimum atomic E-state index is -1.91. The molecule has 1 aromatic heterocycles. The fourth-order valence-electron chi connectivity index (χ4n) is 6.83. The van der Waals surface area contributed by atoms with Gasteiger partial charge in [-0.3, -0.25) is 0 Å². The van der Waals surface area contributed by atoms with Crippen molar-refractivity contribution < 1.29 is 4.42 Å². The molecular weight excluding hydrogens is 452 g/mol. The maximum atomic E-state index is 6.29. The number of rotatable bonds is 4. The summed E-state index contributed by atoms with van der Waals surface area (Å²) < 4.78 is 6.29. The Morgan fingerprint density at radius 3 is 2.03 bits per heavy atom. The van der Waals surface area contributed by atoms with Crippen LogP contribution in [0.25, 0.3) is 22.8 Å². The fraction of sp³-hybridized carbons (Fsp3) is 0.353. The topological polar surface area (TPSA) is 13.1 Å². The first-order valence-corrected chi connectivity index (χ1v) is 16.4. The third-order valence-electron chi connectivity index (χ3n) is 8.59. The second kappa shape index (κ2) is 8.63. The minimum absolute atomic E-state index is 0.151. The van der Waals surface area contributed by atoms with Crippen LogP contribution in [-0.2, 0) is 5.41 Å². The Kier molecular flexibility index (Phi) is 5.95. The molecule has 0 aliphatic heterocycles. The Labute approximate surface area is 218 Å². The zero-order valence-corrected chi connectivity index (χ0v) is 24.4. The molecule has 5 rings (SSSR count). The summed E-state index contributed by atoms with van der Waals surface area (Å²) in [6.45, 7) is 21.0. The average molecular weight is 493 g/mol. The van der Waals surface area contributed by atoms with Crippen LogP contribution in [0, 0.1) is 6.92 Å². The molecule has 0 saturated carbocycles. The van der Waals surface area contributed by atoms with Crippen molar-refractivity contribution in [2.45, 2.75) is 78.1 Å². The second-order valence-electron chi connectivity index (χ2n) is 12.6. The van der Waals surface area contributed by atoms with Crippen molar-refractivity contribution in [3.63, 3.8) is 0 Å². The van der Waals surface area contributed by atoms with E-state index in [1.807, 2.05) is 6.92 Å². The van der Waals surface area contributed by atoms with Crippen LogP contribution in [0.15, 0.2) is 81.8 Å². The van der Waals surface area contributed by atoms with E-state index in [-0.39, 0.29) is 5.41 Å². The largest absolute Gasteiger partial charge is 0.462 e. The maximum absolute atomic E-state index is 6.29. The van der Waals surface area contributed by atoms with Crippen molar-refractivity contribution in [2.75, 3.05) is 0 Å². The number of fused-ring (bicyclic) bond motifs is 1. The number of aryl methyl sites for hydroxylation is 1. The van der Waals surface area contributed by atoms with Gasteiger partial charge in [-0.25, -0.2) is 0 Å². The lowest BCUT2D eigenvalue weighted by atomic mass is 9.86. The highest BCUT2D eigenvalue weighted by molar-refractivity contribution is 6.83. The summed E-state index contributed by atoms with van der Waals surface area (Å²) in [5.74, 6) is 2.00. The summed E-state index contributed by atoms with van der Waals surface area (Å²) in [6, 6.07) is 20.4. The van der Waals surface area contributed by atoms with Gasteiger partial charge >= 0.3 is 0 Å². The Bertz CT molecular complexity index is 1420. The van der Waals surface area contributed by atoms with Crippen LogP contribution in [0.5, 0.6) is 0 Å². The summed E-state index contributed by atoms with van der Waals surface area (Å²) in [4.78, 5) is 0. The predicted molar refractivity (Wildman–Crippen MR) is 158 cm³/mol. The van der Waals surface area contributed by atoms with E-state index in [2.05, 4.69) is 121 Å². The summed E-state index contributed by atoms with van der Waals surface area (Å²) in [6.07, 6.45) is 4.86. The van der Waals surface area contributed by atoms with Crippen LogP contribution < -0.4 is 0 Å². The number of hydrogen-bond acceptors (Lipinski definition) is 1. The van der Waals surface area contributed by atoms with Gasteiger partial charge in [-0.15, -0.1) is 0 Å². The Balaban J connectivity index is 1.68.